The summed E-state index contributed by atoms with van der Waals surface area (Å²) < 4.78 is 15.3. The number of carboxylic acids is 3. The maximum absolute atomic E-state index is 11.8. The molecular weight excluding hydrogens is 624 g/mol. The van der Waals surface area contributed by atoms with Crippen molar-refractivity contribution in [2.75, 3.05) is 39.6 Å². The Morgan fingerprint density at radius 1 is 0.542 bits per heavy atom. The fraction of sp³-hybridized carbons (Fsp3) is 0.222. The number of rotatable bonds is 13. The molecule has 0 aliphatic rings. The minimum absolute atomic E-state index is 0.0278. The van der Waals surface area contributed by atoms with Gasteiger partial charge < -0.3 is 39.7 Å². The lowest BCUT2D eigenvalue weighted by atomic mass is 10.1. The molecule has 4 rings (SSSR count). The number of carbonyl (C=O) groups is 4. The summed E-state index contributed by atoms with van der Waals surface area (Å²) in [6.45, 7) is 2.76. The monoisotopic (exact) mass is 664 g/mol. The van der Waals surface area contributed by atoms with Gasteiger partial charge in [0.25, 0.3) is 0 Å². The minimum Gasteiger partial charge on any atom is -0.489 e. The second kappa shape index (κ2) is 24.6. The Labute approximate surface area is 278 Å². The third-order valence-corrected chi connectivity index (χ3v) is 5.79. The highest BCUT2D eigenvalue weighted by Gasteiger charge is 2.15. The quantitative estimate of drug-likeness (QED) is 0.0955. The van der Waals surface area contributed by atoms with Crippen LogP contribution in [0.3, 0.4) is 0 Å². The van der Waals surface area contributed by atoms with Crippen LogP contribution < -0.4 is 4.74 Å². The zero-order chi connectivity index (χ0) is 35.6. The second-order valence-corrected chi connectivity index (χ2v) is 9.20. The standard InChI is InChI=1S/C18H18O5.2C7H6O2.C4H10O3/c1-2-13-9-6-10-15(17(19)20)16(13)22-11-12-23-18(21)14-7-4-3-5-8-14;2*8-7(9)6-4-2-1-3-5-6;5-1-3-7-4-2-6/h3-10H,2,11-12H2,1H3,(H,19,20);2*1-5H,(H,8,9);5-6H,1-4H2. The maximum Gasteiger partial charge on any atom is 0.339 e. The van der Waals surface area contributed by atoms with Crippen molar-refractivity contribution in [2.24, 2.45) is 0 Å². The molecule has 0 saturated heterocycles. The van der Waals surface area contributed by atoms with Gasteiger partial charge in [-0.1, -0.05) is 73.7 Å². The number of aliphatic hydroxyl groups is 2. The molecule has 0 aromatic heterocycles. The van der Waals surface area contributed by atoms with E-state index in [1.54, 1.807) is 91.0 Å². The van der Waals surface area contributed by atoms with Crippen LogP contribution >= 0.6 is 0 Å². The van der Waals surface area contributed by atoms with Crippen molar-refractivity contribution in [1.29, 1.82) is 0 Å². The van der Waals surface area contributed by atoms with E-state index in [9.17, 15) is 24.3 Å². The average Bonchev–Trinajstić information content (AvgIpc) is 3.12. The average molecular weight is 665 g/mol. The lowest BCUT2D eigenvalue weighted by molar-refractivity contribution is 0.0445. The lowest BCUT2D eigenvalue weighted by Gasteiger charge is -2.13. The number of carboxylic acid groups (broad SMARTS) is 3. The molecule has 0 aliphatic carbocycles. The van der Waals surface area contributed by atoms with Crippen molar-refractivity contribution in [2.45, 2.75) is 13.3 Å². The van der Waals surface area contributed by atoms with Crippen LogP contribution in [0.2, 0.25) is 0 Å². The summed E-state index contributed by atoms with van der Waals surface area (Å²) in [5.41, 5.74) is 2.04. The molecule has 0 atom stereocenters. The first kappa shape index (κ1) is 40.5. The van der Waals surface area contributed by atoms with Crippen LogP contribution in [-0.4, -0.2) is 89.1 Å². The molecule has 0 aliphatic heterocycles. The second-order valence-electron chi connectivity index (χ2n) is 9.20. The van der Waals surface area contributed by atoms with Crippen LogP contribution in [0, 0.1) is 0 Å². The van der Waals surface area contributed by atoms with Crippen LogP contribution in [0.5, 0.6) is 5.75 Å². The van der Waals surface area contributed by atoms with Crippen LogP contribution in [0.1, 0.15) is 53.9 Å². The Bertz CT molecular complexity index is 1440. The van der Waals surface area contributed by atoms with Crippen molar-refractivity contribution in [3.05, 3.63) is 137 Å². The van der Waals surface area contributed by atoms with Crippen molar-refractivity contribution >= 4 is 23.9 Å². The van der Waals surface area contributed by atoms with E-state index in [2.05, 4.69) is 4.74 Å². The van der Waals surface area contributed by atoms with E-state index < -0.39 is 23.9 Å². The molecule has 0 spiro atoms. The smallest absolute Gasteiger partial charge is 0.339 e. The predicted molar refractivity (Wildman–Crippen MR) is 177 cm³/mol. The fourth-order valence-electron chi connectivity index (χ4n) is 3.53. The maximum atomic E-state index is 11.8. The van der Waals surface area contributed by atoms with E-state index in [1.807, 2.05) is 19.1 Å². The lowest BCUT2D eigenvalue weighted by Crippen LogP contribution is -2.14. The molecule has 0 heterocycles. The fourth-order valence-corrected chi connectivity index (χ4v) is 3.53. The minimum atomic E-state index is -1.04. The van der Waals surface area contributed by atoms with Crippen molar-refractivity contribution < 1.29 is 58.9 Å². The Morgan fingerprint density at radius 3 is 1.38 bits per heavy atom. The summed E-state index contributed by atoms with van der Waals surface area (Å²) in [6, 6.07) is 30.2. The van der Waals surface area contributed by atoms with Crippen molar-refractivity contribution in [1.82, 2.24) is 0 Å². The number of ether oxygens (including phenoxy) is 3. The third kappa shape index (κ3) is 16.7. The number of aromatic carboxylic acids is 3. The highest BCUT2D eigenvalue weighted by Crippen LogP contribution is 2.24. The number of hydrogen-bond acceptors (Lipinski definition) is 9. The summed E-state index contributed by atoms with van der Waals surface area (Å²) >= 11 is 0. The zero-order valence-corrected chi connectivity index (χ0v) is 26.4. The van der Waals surface area contributed by atoms with Crippen LogP contribution in [0.4, 0.5) is 0 Å². The zero-order valence-electron chi connectivity index (χ0n) is 26.4. The summed E-state index contributed by atoms with van der Waals surface area (Å²) in [4.78, 5) is 43.4. The van der Waals surface area contributed by atoms with E-state index >= 15 is 0 Å². The Balaban J connectivity index is 0.000000376. The molecule has 48 heavy (non-hydrogen) atoms. The number of aryl methyl sites for hydroxylation is 1. The van der Waals surface area contributed by atoms with Gasteiger partial charge in [-0.25, -0.2) is 19.2 Å². The number of esters is 1. The van der Waals surface area contributed by atoms with E-state index in [-0.39, 0.29) is 32.0 Å². The molecule has 0 unspecified atom stereocenters. The number of aliphatic hydroxyl groups excluding tert-OH is 2. The van der Waals surface area contributed by atoms with Crippen molar-refractivity contribution in [3.8, 4) is 5.75 Å². The topological polar surface area (TPSA) is 197 Å². The summed E-state index contributed by atoms with van der Waals surface area (Å²) in [7, 11) is 0. The summed E-state index contributed by atoms with van der Waals surface area (Å²) in [6.07, 6.45) is 0.653. The molecular formula is C36H40O12. The largest absolute Gasteiger partial charge is 0.489 e. The number of benzene rings is 4. The van der Waals surface area contributed by atoms with Crippen LogP contribution in [0.15, 0.2) is 109 Å². The number of carbonyl (C=O) groups excluding carboxylic acids is 1. The highest BCUT2D eigenvalue weighted by molar-refractivity contribution is 5.91. The molecule has 12 nitrogen and oxygen atoms in total. The predicted octanol–water partition coefficient (Wildman–Crippen LogP) is 4.94. The van der Waals surface area contributed by atoms with Gasteiger partial charge >= 0.3 is 23.9 Å². The van der Waals surface area contributed by atoms with Gasteiger partial charge in [0.15, 0.2) is 0 Å². The third-order valence-electron chi connectivity index (χ3n) is 5.79. The molecule has 12 heteroatoms. The first-order valence-corrected chi connectivity index (χ1v) is 14.7. The molecule has 4 aromatic carbocycles. The molecule has 0 saturated carbocycles. The number of para-hydroxylation sites is 1. The van der Waals surface area contributed by atoms with Gasteiger partial charge in [0.2, 0.25) is 0 Å². The molecule has 5 N–H and O–H groups in total. The molecule has 0 fully saturated rings. The Kier molecular flexibility index (Phi) is 20.8. The van der Waals surface area contributed by atoms with Crippen LogP contribution in [-0.2, 0) is 15.9 Å². The summed E-state index contributed by atoms with van der Waals surface area (Å²) in [5, 5.41) is 42.2. The molecule has 256 valence electrons. The van der Waals surface area contributed by atoms with Gasteiger partial charge in [-0.2, -0.15) is 0 Å². The van der Waals surface area contributed by atoms with Gasteiger partial charge in [-0.15, -0.1) is 0 Å². The van der Waals surface area contributed by atoms with E-state index in [4.69, 9.17) is 29.9 Å². The van der Waals surface area contributed by atoms with Gasteiger partial charge in [-0.3, -0.25) is 0 Å². The first-order chi connectivity index (χ1) is 23.2. The van der Waals surface area contributed by atoms with Gasteiger partial charge in [0.05, 0.1) is 43.1 Å². The highest BCUT2D eigenvalue weighted by atomic mass is 16.6. The van der Waals surface area contributed by atoms with Gasteiger partial charge in [0, 0.05) is 0 Å². The van der Waals surface area contributed by atoms with E-state index in [0.29, 0.717) is 42.1 Å². The normalized spacial score (nSPS) is 9.56. The summed E-state index contributed by atoms with van der Waals surface area (Å²) in [5.74, 6) is -2.91. The SMILES string of the molecule is CCc1cccc(C(=O)O)c1OCCOC(=O)c1ccccc1.O=C(O)c1ccccc1.O=C(O)c1ccccc1.OCCOCCO. The van der Waals surface area contributed by atoms with Gasteiger partial charge in [0.1, 0.15) is 24.5 Å². The molecule has 4 aromatic rings. The van der Waals surface area contributed by atoms with E-state index in [0.717, 1.165) is 5.56 Å². The van der Waals surface area contributed by atoms with E-state index in [1.165, 1.54) is 6.07 Å². The Hall–Kier alpha value is -5.56. The van der Waals surface area contributed by atoms with Crippen LogP contribution in [0.25, 0.3) is 0 Å². The molecule has 0 radical (unpaired) electrons. The van der Waals surface area contributed by atoms with Gasteiger partial charge in [-0.05, 0) is 54.4 Å². The molecule has 0 bridgehead atoms. The first-order valence-electron chi connectivity index (χ1n) is 14.7. The van der Waals surface area contributed by atoms with Crippen molar-refractivity contribution in [3.63, 3.8) is 0 Å². The number of hydrogen-bond donors (Lipinski definition) is 5. The molecule has 0 amide bonds. The Morgan fingerprint density at radius 2 is 1.00 bits per heavy atom.